The summed E-state index contributed by atoms with van der Waals surface area (Å²) < 4.78 is 4.50. The second-order valence-electron chi connectivity index (χ2n) is 3.18. The highest BCUT2D eigenvalue weighted by Gasteiger charge is 2.12. The molecule has 0 saturated carbocycles. The lowest BCUT2D eigenvalue weighted by Crippen LogP contribution is -2.04. The SMILES string of the molecule is CCc1cc(CC)c(O)c(OC(=O)O)c1. The summed E-state index contributed by atoms with van der Waals surface area (Å²) in [5.74, 6) is -0.0733. The van der Waals surface area contributed by atoms with E-state index in [0.29, 0.717) is 12.0 Å². The number of aromatic hydroxyl groups is 1. The van der Waals surface area contributed by atoms with Crippen molar-refractivity contribution in [2.45, 2.75) is 26.7 Å². The van der Waals surface area contributed by atoms with Crippen LogP contribution in [0.5, 0.6) is 11.5 Å². The molecular weight excluding hydrogens is 196 g/mol. The standard InChI is InChI=1S/C11H14O4/c1-3-7-5-8(4-2)10(12)9(6-7)15-11(13)14/h5-6,12H,3-4H2,1-2H3,(H,13,14). The summed E-state index contributed by atoms with van der Waals surface area (Å²) in [6, 6.07) is 3.40. The van der Waals surface area contributed by atoms with Crippen molar-refractivity contribution < 1.29 is 19.7 Å². The highest BCUT2D eigenvalue weighted by atomic mass is 16.7. The maximum Gasteiger partial charge on any atom is 0.511 e. The molecule has 0 fully saturated rings. The molecule has 0 aliphatic carbocycles. The van der Waals surface area contributed by atoms with Crippen LogP contribution >= 0.6 is 0 Å². The van der Waals surface area contributed by atoms with Crippen LogP contribution in [0.4, 0.5) is 4.79 Å². The molecule has 0 aliphatic heterocycles. The smallest absolute Gasteiger partial charge is 0.504 e. The van der Waals surface area contributed by atoms with Crippen LogP contribution in [0.25, 0.3) is 0 Å². The summed E-state index contributed by atoms with van der Waals surface area (Å²) in [5, 5.41) is 18.2. The highest BCUT2D eigenvalue weighted by molar-refractivity contribution is 5.64. The zero-order chi connectivity index (χ0) is 11.4. The molecule has 1 aromatic carbocycles. The second kappa shape index (κ2) is 4.68. The van der Waals surface area contributed by atoms with Crippen molar-refractivity contribution in [3.05, 3.63) is 23.3 Å². The van der Waals surface area contributed by atoms with Crippen LogP contribution in [0, 0.1) is 0 Å². The van der Waals surface area contributed by atoms with Gasteiger partial charge in [0.05, 0.1) is 0 Å². The molecule has 82 valence electrons. The number of carboxylic acid groups (broad SMARTS) is 1. The Balaban J connectivity index is 3.17. The van der Waals surface area contributed by atoms with Gasteiger partial charge in [0.2, 0.25) is 0 Å². The lowest BCUT2D eigenvalue weighted by atomic mass is 10.1. The van der Waals surface area contributed by atoms with E-state index in [2.05, 4.69) is 4.74 Å². The normalized spacial score (nSPS) is 10.0. The van der Waals surface area contributed by atoms with Crippen LogP contribution in [0.2, 0.25) is 0 Å². The Morgan fingerprint density at radius 2 is 2.00 bits per heavy atom. The number of carbonyl (C=O) groups is 1. The van der Waals surface area contributed by atoms with E-state index in [-0.39, 0.29) is 11.5 Å². The number of aryl methyl sites for hydroxylation is 2. The third-order valence-electron chi connectivity index (χ3n) is 2.20. The van der Waals surface area contributed by atoms with Gasteiger partial charge in [-0.2, -0.15) is 0 Å². The molecule has 0 spiro atoms. The zero-order valence-corrected chi connectivity index (χ0v) is 8.78. The first kappa shape index (κ1) is 11.4. The average molecular weight is 210 g/mol. The predicted octanol–water partition coefficient (Wildman–Crippen LogP) is 2.57. The van der Waals surface area contributed by atoms with E-state index >= 15 is 0 Å². The van der Waals surface area contributed by atoms with Gasteiger partial charge in [0.15, 0.2) is 11.5 Å². The lowest BCUT2D eigenvalue weighted by molar-refractivity contribution is 0.142. The molecule has 2 N–H and O–H groups in total. The fraction of sp³-hybridized carbons (Fsp3) is 0.364. The van der Waals surface area contributed by atoms with Gasteiger partial charge in [0.1, 0.15) is 0 Å². The van der Waals surface area contributed by atoms with E-state index in [9.17, 15) is 9.90 Å². The average Bonchev–Trinajstić information content (AvgIpc) is 2.20. The minimum atomic E-state index is -1.42. The number of phenols is 1. The second-order valence-corrected chi connectivity index (χ2v) is 3.18. The summed E-state index contributed by atoms with van der Waals surface area (Å²) in [7, 11) is 0. The molecule has 1 aromatic rings. The summed E-state index contributed by atoms with van der Waals surface area (Å²) in [5.41, 5.74) is 1.64. The fourth-order valence-corrected chi connectivity index (χ4v) is 1.37. The van der Waals surface area contributed by atoms with Crippen LogP contribution in [0.15, 0.2) is 12.1 Å². The van der Waals surface area contributed by atoms with Gasteiger partial charge in [-0.1, -0.05) is 19.9 Å². The molecule has 0 unspecified atom stereocenters. The molecule has 4 heteroatoms. The van der Waals surface area contributed by atoms with Gasteiger partial charge in [-0.15, -0.1) is 0 Å². The van der Waals surface area contributed by atoms with Crippen LogP contribution in [-0.4, -0.2) is 16.4 Å². The number of ether oxygens (including phenoxy) is 1. The molecule has 0 aromatic heterocycles. The number of hydrogen-bond donors (Lipinski definition) is 2. The molecule has 1 rings (SSSR count). The van der Waals surface area contributed by atoms with Gasteiger partial charge >= 0.3 is 6.16 Å². The van der Waals surface area contributed by atoms with Gasteiger partial charge in [0, 0.05) is 0 Å². The summed E-state index contributed by atoms with van der Waals surface area (Å²) in [6.45, 7) is 3.84. The van der Waals surface area contributed by atoms with E-state index < -0.39 is 6.16 Å². The van der Waals surface area contributed by atoms with Crippen LogP contribution in [0.1, 0.15) is 25.0 Å². The predicted molar refractivity (Wildman–Crippen MR) is 55.5 cm³/mol. The molecule has 0 saturated heterocycles. The first-order valence-corrected chi connectivity index (χ1v) is 4.84. The zero-order valence-electron chi connectivity index (χ0n) is 8.78. The minimum Gasteiger partial charge on any atom is -0.504 e. The van der Waals surface area contributed by atoms with Gasteiger partial charge in [-0.05, 0) is 30.0 Å². The minimum absolute atomic E-state index is 0.0127. The summed E-state index contributed by atoms with van der Waals surface area (Å²) >= 11 is 0. The van der Waals surface area contributed by atoms with E-state index in [1.54, 1.807) is 6.07 Å². The molecule has 0 heterocycles. The first-order valence-electron chi connectivity index (χ1n) is 4.84. The Kier molecular flexibility index (Phi) is 3.55. The summed E-state index contributed by atoms with van der Waals surface area (Å²) in [6.07, 6.45) is -0.0144. The van der Waals surface area contributed by atoms with Crippen molar-refractivity contribution in [3.8, 4) is 11.5 Å². The largest absolute Gasteiger partial charge is 0.511 e. The van der Waals surface area contributed by atoms with Gasteiger partial charge in [0.25, 0.3) is 0 Å². The van der Waals surface area contributed by atoms with Crippen LogP contribution < -0.4 is 4.74 Å². The van der Waals surface area contributed by atoms with Gasteiger partial charge in [-0.25, -0.2) is 4.79 Å². The Hall–Kier alpha value is -1.71. The molecule has 0 atom stereocenters. The van der Waals surface area contributed by atoms with E-state index in [4.69, 9.17) is 5.11 Å². The Morgan fingerprint density at radius 1 is 1.33 bits per heavy atom. The number of hydrogen-bond acceptors (Lipinski definition) is 3. The Morgan fingerprint density at radius 3 is 2.47 bits per heavy atom. The van der Waals surface area contributed by atoms with E-state index in [1.807, 2.05) is 19.9 Å². The van der Waals surface area contributed by atoms with Crippen molar-refractivity contribution in [1.82, 2.24) is 0 Å². The fourth-order valence-electron chi connectivity index (χ4n) is 1.37. The molecule has 15 heavy (non-hydrogen) atoms. The lowest BCUT2D eigenvalue weighted by Gasteiger charge is -2.09. The molecule has 0 bridgehead atoms. The van der Waals surface area contributed by atoms with E-state index in [1.165, 1.54) is 0 Å². The topological polar surface area (TPSA) is 66.8 Å². The summed E-state index contributed by atoms with van der Waals surface area (Å²) in [4.78, 5) is 10.4. The molecule has 4 nitrogen and oxygen atoms in total. The van der Waals surface area contributed by atoms with Gasteiger partial charge in [-0.3, -0.25) is 0 Å². The Labute approximate surface area is 88.1 Å². The van der Waals surface area contributed by atoms with Crippen molar-refractivity contribution in [2.24, 2.45) is 0 Å². The van der Waals surface area contributed by atoms with Crippen molar-refractivity contribution in [3.63, 3.8) is 0 Å². The van der Waals surface area contributed by atoms with Crippen molar-refractivity contribution in [2.75, 3.05) is 0 Å². The number of benzene rings is 1. The third kappa shape index (κ3) is 2.62. The van der Waals surface area contributed by atoms with E-state index in [0.717, 1.165) is 12.0 Å². The Bertz CT molecular complexity index is 371. The number of rotatable bonds is 3. The molecular formula is C11H14O4. The maximum absolute atomic E-state index is 10.4. The van der Waals surface area contributed by atoms with Crippen molar-refractivity contribution in [1.29, 1.82) is 0 Å². The third-order valence-corrected chi connectivity index (χ3v) is 2.20. The number of phenolic OH excluding ortho intramolecular Hbond substituents is 1. The molecule has 0 aliphatic rings. The molecule has 0 amide bonds. The van der Waals surface area contributed by atoms with Crippen LogP contribution in [-0.2, 0) is 12.8 Å². The quantitative estimate of drug-likeness (QED) is 0.594. The van der Waals surface area contributed by atoms with Crippen molar-refractivity contribution >= 4 is 6.16 Å². The van der Waals surface area contributed by atoms with Gasteiger partial charge < -0.3 is 14.9 Å². The first-order chi connectivity index (χ1) is 7.08. The maximum atomic E-state index is 10.4. The highest BCUT2D eigenvalue weighted by Crippen LogP contribution is 2.32. The monoisotopic (exact) mass is 210 g/mol. The van der Waals surface area contributed by atoms with Crippen LogP contribution in [0.3, 0.4) is 0 Å². The molecule has 0 radical (unpaired) electrons.